The fraction of sp³-hybridized carbons (Fsp3) is 0.371. The molecule has 0 aromatic carbocycles. The summed E-state index contributed by atoms with van der Waals surface area (Å²) in [5.41, 5.74) is 68.5. The molecular weight excluding hydrogens is 1330 g/mol. The quantitative estimate of drug-likeness (QED) is 0.0102. The number of rotatable bonds is 24. The maximum Gasteiger partial charge on any atom is 0.408 e. The maximum atomic E-state index is 11.5. The minimum Gasteiger partial charge on any atom is -0.444 e. The van der Waals surface area contributed by atoms with Crippen LogP contribution in [0.4, 0.5) is 10.5 Å². The number of aromatic nitrogens is 8. The van der Waals surface area contributed by atoms with Gasteiger partial charge in [0, 0.05) is 144 Å². The van der Waals surface area contributed by atoms with Crippen LogP contribution >= 0.6 is 0 Å². The standard InChI is InChI=1S/C11H21N5O5.C8H20N6O2.3C7H10N2.3C6H8N2.C5H6N2.C5H5N.C2H7N/c1-11(2,3)21-10(18)14-8(7-17)5-4-6-13-9(12)15-16(19)20;1-2-11-6-7(9)4-3-5-12-8(10)13-14(15)16;8-4-1-7-2-5-9-6-3-7;8-4-3-7-2-1-5-9-6-7;8-5-4-7-3-1-2-6-9-7;7-5-6-1-3-8-4-2-6;7-4-6-2-1-3-8-5-6;7-5-6-3-1-2-4-8-6;6-5-2-1-3-7-4-5;1-2-4-6-5-3-1;1-2-3/h7-8H,4-6H2,1-3H3,(H,14,18)(H3,12,13,15);7,11H,2-6,9H2,1H3,(H3,10,12,13);2-3,5-6H,1,4,8H2;1-2,5-6H,3-4,8H2;1-3,6H,4-5,8H2;1-4H,5,7H2;1-3,5H,4,7H2;1-4H,5,7H2;1-4H,6H2;1-5H;2-3H2,1H3/t8-;7-;;;;;;;;;/m00........./s1. The van der Waals surface area contributed by atoms with Gasteiger partial charge < -0.3 is 83.2 Å². The normalized spacial score (nSPS) is 10.5. The van der Waals surface area contributed by atoms with Gasteiger partial charge >= 0.3 is 6.09 Å². The lowest BCUT2D eigenvalue weighted by Crippen LogP contribution is -2.40. The molecule has 8 heterocycles. The highest BCUT2D eigenvalue weighted by Gasteiger charge is 2.19. The molecule has 0 saturated carbocycles. The number of hydrazine groups is 2. The third-order valence-corrected chi connectivity index (χ3v) is 11.5. The van der Waals surface area contributed by atoms with E-state index in [-0.39, 0.29) is 24.5 Å². The topological polar surface area (TPSA) is 592 Å². The van der Waals surface area contributed by atoms with E-state index in [1.54, 1.807) is 124 Å². The number of ether oxygens (including phenoxy) is 1. The van der Waals surface area contributed by atoms with E-state index in [0.717, 1.165) is 74.3 Å². The monoisotopic (exact) mass is 1440 g/mol. The second-order valence-corrected chi connectivity index (χ2v) is 21.5. The molecule has 0 spiro atoms. The molecule has 8 aromatic rings. The number of carbonyl (C=O) groups is 2. The average molecular weight is 1440 g/mol. The molecule has 26 N–H and O–H groups in total. The van der Waals surface area contributed by atoms with Crippen molar-refractivity contribution in [3.63, 3.8) is 0 Å². The van der Waals surface area contributed by atoms with Crippen molar-refractivity contribution < 1.29 is 24.4 Å². The summed E-state index contributed by atoms with van der Waals surface area (Å²) >= 11 is 0. The molecule has 104 heavy (non-hydrogen) atoms. The molecule has 0 fully saturated rings. The third kappa shape index (κ3) is 69.4. The smallest absolute Gasteiger partial charge is 0.408 e. The predicted molar refractivity (Wildman–Crippen MR) is 412 cm³/mol. The van der Waals surface area contributed by atoms with E-state index >= 15 is 0 Å². The van der Waals surface area contributed by atoms with Crippen LogP contribution in [-0.2, 0) is 48.4 Å². The van der Waals surface area contributed by atoms with Gasteiger partial charge in [-0.25, -0.2) is 35.0 Å². The Morgan fingerprint density at radius 3 is 1.32 bits per heavy atom. The Balaban J connectivity index is -0.00000111. The molecule has 2 atom stereocenters. The number of aldehydes is 1. The van der Waals surface area contributed by atoms with Crippen molar-refractivity contribution in [3.05, 3.63) is 256 Å². The van der Waals surface area contributed by atoms with Crippen molar-refractivity contribution in [3.8, 4) is 0 Å². The number of anilines is 1. The van der Waals surface area contributed by atoms with E-state index in [1.165, 1.54) is 11.1 Å². The van der Waals surface area contributed by atoms with Crippen molar-refractivity contribution >= 4 is 30.0 Å². The molecular formula is C70H113N27O7. The number of carbonyl (C=O) groups excluding carboxylic acids is 2. The lowest BCUT2D eigenvalue weighted by molar-refractivity contribution is -0.525. The molecule has 0 saturated heterocycles. The summed E-state index contributed by atoms with van der Waals surface area (Å²) in [6, 6.07) is 35.8. The lowest BCUT2D eigenvalue weighted by Gasteiger charge is -2.21. The Hall–Kier alpha value is -11.1. The zero-order valence-electron chi connectivity index (χ0n) is 60.6. The molecule has 0 aliphatic carbocycles. The van der Waals surface area contributed by atoms with E-state index in [0.29, 0.717) is 70.6 Å². The number of aliphatic imine (C=N–C) groups is 2. The molecule has 8 aromatic heterocycles. The highest BCUT2D eigenvalue weighted by molar-refractivity contribution is 5.77. The van der Waals surface area contributed by atoms with Gasteiger partial charge in [0.25, 0.3) is 11.9 Å². The second kappa shape index (κ2) is 70.4. The number of alkyl carbamates (subject to hydrolysis) is 1. The molecule has 570 valence electrons. The summed E-state index contributed by atoms with van der Waals surface area (Å²) in [5.74, 6) is -0.493. The molecule has 34 heteroatoms. The number of nitrogens with zero attached hydrogens (tertiary/aromatic N) is 12. The van der Waals surface area contributed by atoms with Gasteiger partial charge in [0.2, 0.25) is 0 Å². The van der Waals surface area contributed by atoms with Crippen molar-refractivity contribution in [1.82, 2.24) is 61.4 Å². The SMILES string of the molecule is CC(C)(C)OC(=O)N[C@H](C=O)CCCN=C(N)N[N+](=O)[O-].CCN.CCNC[C@@H](N)CCCN=C(N)N[N+](=O)[O-].NCCc1ccccn1.NCCc1cccnc1.NCCc1ccncc1.NCc1ccccn1.NCc1cccnc1.NCc1ccncc1.Nc1cccnc1.c1ccncc1. The number of hydrogen-bond acceptors (Lipinski definition) is 27. The number of hydrogen-bond donors (Lipinski definition) is 15. The van der Waals surface area contributed by atoms with Gasteiger partial charge in [0.1, 0.15) is 11.9 Å². The Morgan fingerprint density at radius 2 is 0.981 bits per heavy atom. The summed E-state index contributed by atoms with van der Waals surface area (Å²) in [6.07, 6.45) is 29.4. The summed E-state index contributed by atoms with van der Waals surface area (Å²) in [5, 5.41) is 24.0. The molecule has 8 rings (SSSR count). The molecule has 1 amide bonds. The minimum atomic E-state index is -0.822. The van der Waals surface area contributed by atoms with Crippen molar-refractivity contribution in [2.45, 2.75) is 117 Å². The fourth-order valence-electron chi connectivity index (χ4n) is 6.75. The van der Waals surface area contributed by atoms with E-state index in [4.69, 9.17) is 67.8 Å². The fourth-order valence-corrected chi connectivity index (χ4v) is 6.75. The molecule has 34 nitrogen and oxygen atoms in total. The number of nitrogen functional groups attached to an aromatic ring is 1. The second-order valence-electron chi connectivity index (χ2n) is 21.5. The van der Waals surface area contributed by atoms with Crippen molar-refractivity contribution in [1.29, 1.82) is 0 Å². The first kappa shape index (κ1) is 97.1. The van der Waals surface area contributed by atoms with Crippen LogP contribution in [0.1, 0.15) is 93.9 Å². The van der Waals surface area contributed by atoms with E-state index in [2.05, 4.69) is 60.5 Å². The zero-order valence-corrected chi connectivity index (χ0v) is 60.6. The Kier molecular flexibility index (Phi) is 65.7. The predicted octanol–water partition coefficient (Wildman–Crippen LogP) is 3.83. The number of nitrogens with two attached hydrogens (primary N) is 11. The summed E-state index contributed by atoms with van der Waals surface area (Å²) in [4.78, 5) is 81.0. The zero-order chi connectivity index (χ0) is 78.0. The largest absolute Gasteiger partial charge is 0.444 e. The molecule has 0 radical (unpaired) electrons. The number of nitro groups is 2. The summed E-state index contributed by atoms with van der Waals surface area (Å²) in [6.45, 7) is 15.9. The van der Waals surface area contributed by atoms with Crippen LogP contribution in [0.2, 0.25) is 0 Å². The number of pyridine rings is 8. The van der Waals surface area contributed by atoms with Gasteiger partial charge in [-0.05, 0) is 199 Å². The van der Waals surface area contributed by atoms with Crippen LogP contribution < -0.4 is 84.6 Å². The van der Waals surface area contributed by atoms with Crippen LogP contribution in [0.25, 0.3) is 0 Å². The summed E-state index contributed by atoms with van der Waals surface area (Å²) < 4.78 is 5.02. The highest BCUT2D eigenvalue weighted by Crippen LogP contribution is 2.08. The molecule has 0 aliphatic rings. The summed E-state index contributed by atoms with van der Waals surface area (Å²) in [7, 11) is 0. The lowest BCUT2D eigenvalue weighted by atomic mass is 10.1. The van der Waals surface area contributed by atoms with E-state index < -0.39 is 27.8 Å². The van der Waals surface area contributed by atoms with Gasteiger partial charge in [-0.15, -0.1) is 0 Å². The average Bonchev–Trinajstić information content (AvgIpc) is 0.992. The van der Waals surface area contributed by atoms with E-state index in [1.807, 2.05) is 123 Å². The van der Waals surface area contributed by atoms with Crippen molar-refractivity contribution in [2.24, 2.45) is 67.3 Å². The van der Waals surface area contributed by atoms with Gasteiger partial charge in [0.05, 0.1) is 17.4 Å². The number of likely N-dealkylation sites (N-methyl/N-ethyl adjacent to an activating group) is 1. The first-order valence-corrected chi connectivity index (χ1v) is 33.2. The van der Waals surface area contributed by atoms with Crippen LogP contribution in [0.15, 0.2) is 212 Å². The highest BCUT2D eigenvalue weighted by atomic mass is 16.7. The molecule has 0 unspecified atom stereocenters. The van der Waals surface area contributed by atoms with Gasteiger partial charge in [-0.2, -0.15) is 0 Å². The van der Waals surface area contributed by atoms with Gasteiger partial charge in [-0.1, -0.05) is 55.0 Å². The Labute approximate surface area is 611 Å². The first-order valence-electron chi connectivity index (χ1n) is 33.2. The van der Waals surface area contributed by atoms with Gasteiger partial charge in [-0.3, -0.25) is 39.9 Å². The van der Waals surface area contributed by atoms with Crippen LogP contribution in [0, 0.1) is 20.2 Å². The molecule has 0 aliphatic heterocycles. The van der Waals surface area contributed by atoms with Crippen LogP contribution in [0.5, 0.6) is 0 Å². The molecule has 0 bridgehead atoms. The van der Waals surface area contributed by atoms with Gasteiger partial charge in [0.15, 0.2) is 10.1 Å². The number of guanidine groups is 2. The number of amides is 1. The number of nitrogens with one attached hydrogen (secondary N) is 4. The maximum absolute atomic E-state index is 11.5. The van der Waals surface area contributed by atoms with E-state index in [9.17, 15) is 29.8 Å². The Morgan fingerprint density at radius 1 is 0.538 bits per heavy atom. The van der Waals surface area contributed by atoms with Crippen molar-refractivity contribution in [2.75, 3.05) is 58.1 Å². The Bertz CT molecular complexity index is 3040. The van der Waals surface area contributed by atoms with Crippen LogP contribution in [0.3, 0.4) is 0 Å². The first-order chi connectivity index (χ1) is 50.1. The van der Waals surface area contributed by atoms with Crippen LogP contribution in [-0.4, -0.2) is 144 Å². The minimum absolute atomic E-state index is 0.0832. The third-order valence-electron chi connectivity index (χ3n) is 11.5.